The molecule has 0 atom stereocenters. The van der Waals surface area contributed by atoms with Crippen molar-refractivity contribution in [2.75, 3.05) is 13.2 Å². The maximum absolute atomic E-state index is 11.9. The van der Waals surface area contributed by atoms with Gasteiger partial charge < -0.3 is 19.3 Å². The molecule has 0 aromatic heterocycles. The minimum absolute atomic E-state index is 0.0197. The van der Waals surface area contributed by atoms with Crippen LogP contribution in [0.4, 0.5) is 5.69 Å². The standard InChI is InChI=1S/C23H19NO8/c25-19(14-31-20-7-3-17(4-8-20)23(26)27)15-32-22-11-9-21(10-12-22)30-13-16-1-5-18(6-2-16)24(28)29/h1-12H,13-15H2,(H,26,27). The lowest BCUT2D eigenvalue weighted by atomic mass is 10.2. The highest BCUT2D eigenvalue weighted by molar-refractivity contribution is 5.87. The zero-order valence-corrected chi connectivity index (χ0v) is 16.8. The number of carboxylic acids is 1. The molecule has 0 fully saturated rings. The molecule has 0 unspecified atom stereocenters. The molecule has 9 nitrogen and oxygen atoms in total. The van der Waals surface area contributed by atoms with E-state index in [0.29, 0.717) is 17.2 Å². The summed E-state index contributed by atoms with van der Waals surface area (Å²) in [6, 6.07) is 18.5. The number of non-ortho nitro benzene ring substituents is 1. The quantitative estimate of drug-likeness (QED) is 0.354. The lowest BCUT2D eigenvalue weighted by Gasteiger charge is -2.09. The van der Waals surface area contributed by atoms with Gasteiger partial charge in [0.05, 0.1) is 10.5 Å². The summed E-state index contributed by atoms with van der Waals surface area (Å²) in [6.45, 7) is -0.138. The van der Waals surface area contributed by atoms with E-state index in [-0.39, 0.29) is 36.9 Å². The number of Topliss-reactive ketones (excluding diaryl/α,β-unsaturated/α-hetero) is 1. The predicted octanol–water partition coefficient (Wildman–Crippen LogP) is 3.90. The monoisotopic (exact) mass is 437 g/mol. The average Bonchev–Trinajstić information content (AvgIpc) is 2.81. The van der Waals surface area contributed by atoms with E-state index in [1.54, 1.807) is 36.4 Å². The maximum atomic E-state index is 11.9. The number of nitro groups is 1. The van der Waals surface area contributed by atoms with Gasteiger partial charge in [-0.3, -0.25) is 14.9 Å². The van der Waals surface area contributed by atoms with Gasteiger partial charge in [0.15, 0.2) is 0 Å². The van der Waals surface area contributed by atoms with Gasteiger partial charge in [0.2, 0.25) is 5.78 Å². The molecule has 32 heavy (non-hydrogen) atoms. The van der Waals surface area contributed by atoms with Crippen LogP contribution in [-0.2, 0) is 11.4 Å². The van der Waals surface area contributed by atoms with Crippen LogP contribution in [0, 0.1) is 10.1 Å². The van der Waals surface area contributed by atoms with E-state index in [1.807, 2.05) is 0 Å². The van der Waals surface area contributed by atoms with E-state index in [9.17, 15) is 19.7 Å². The van der Waals surface area contributed by atoms with Crippen molar-refractivity contribution in [3.8, 4) is 17.2 Å². The lowest BCUT2D eigenvalue weighted by molar-refractivity contribution is -0.384. The molecule has 9 heteroatoms. The summed E-state index contributed by atoms with van der Waals surface area (Å²) in [5.41, 5.74) is 0.942. The predicted molar refractivity (Wildman–Crippen MR) is 113 cm³/mol. The van der Waals surface area contributed by atoms with Crippen LogP contribution in [0.1, 0.15) is 15.9 Å². The lowest BCUT2D eigenvalue weighted by Crippen LogP contribution is -2.19. The molecule has 0 radical (unpaired) electrons. The third kappa shape index (κ3) is 6.56. The van der Waals surface area contributed by atoms with Crippen LogP contribution >= 0.6 is 0 Å². The molecule has 0 heterocycles. The normalized spacial score (nSPS) is 10.2. The topological polar surface area (TPSA) is 125 Å². The van der Waals surface area contributed by atoms with Crippen molar-refractivity contribution in [1.82, 2.24) is 0 Å². The number of nitrogens with zero attached hydrogens (tertiary/aromatic N) is 1. The number of aromatic carboxylic acids is 1. The van der Waals surface area contributed by atoms with Gasteiger partial charge in [-0.15, -0.1) is 0 Å². The van der Waals surface area contributed by atoms with Gasteiger partial charge in [-0.05, 0) is 66.2 Å². The van der Waals surface area contributed by atoms with Gasteiger partial charge >= 0.3 is 5.97 Å². The fraction of sp³-hybridized carbons (Fsp3) is 0.130. The van der Waals surface area contributed by atoms with Crippen molar-refractivity contribution >= 4 is 17.4 Å². The minimum atomic E-state index is -1.04. The largest absolute Gasteiger partial charge is 0.489 e. The molecule has 0 saturated heterocycles. The number of rotatable bonds is 11. The van der Waals surface area contributed by atoms with Crippen molar-refractivity contribution < 1.29 is 33.8 Å². The molecule has 0 aliphatic heterocycles. The highest BCUT2D eigenvalue weighted by Gasteiger charge is 2.08. The Bertz CT molecular complexity index is 1080. The van der Waals surface area contributed by atoms with Crippen molar-refractivity contribution in [2.24, 2.45) is 0 Å². The number of benzene rings is 3. The maximum Gasteiger partial charge on any atom is 0.335 e. The highest BCUT2D eigenvalue weighted by Crippen LogP contribution is 2.20. The van der Waals surface area contributed by atoms with Gasteiger partial charge in [-0.1, -0.05) is 0 Å². The summed E-state index contributed by atoms with van der Waals surface area (Å²) < 4.78 is 16.4. The summed E-state index contributed by atoms with van der Waals surface area (Å²) in [6.07, 6.45) is 0. The number of ether oxygens (including phenoxy) is 3. The SMILES string of the molecule is O=C(COc1ccc(OCc2ccc([N+](=O)[O-])cc2)cc1)COc1ccc(C(=O)O)cc1. The molecule has 0 spiro atoms. The Kier molecular flexibility index (Phi) is 7.37. The molecule has 3 aromatic carbocycles. The van der Waals surface area contributed by atoms with E-state index >= 15 is 0 Å². The second-order valence-electron chi connectivity index (χ2n) is 6.63. The van der Waals surface area contributed by atoms with E-state index in [0.717, 1.165) is 5.56 Å². The average molecular weight is 437 g/mol. The molecule has 0 aliphatic carbocycles. The summed E-state index contributed by atoms with van der Waals surface area (Å²) >= 11 is 0. The van der Waals surface area contributed by atoms with E-state index in [1.165, 1.54) is 36.4 Å². The van der Waals surface area contributed by atoms with Crippen molar-refractivity contribution in [3.63, 3.8) is 0 Å². The number of carbonyl (C=O) groups is 2. The van der Waals surface area contributed by atoms with Gasteiger partial charge in [-0.2, -0.15) is 0 Å². The number of hydrogen-bond donors (Lipinski definition) is 1. The van der Waals surface area contributed by atoms with E-state index < -0.39 is 10.9 Å². The Labute approximate surface area is 182 Å². The molecular weight excluding hydrogens is 418 g/mol. The van der Waals surface area contributed by atoms with Crippen LogP contribution < -0.4 is 14.2 Å². The molecule has 0 aliphatic rings. The van der Waals surface area contributed by atoms with Gasteiger partial charge in [0.25, 0.3) is 5.69 Å². The Balaban J connectivity index is 1.40. The fourth-order valence-corrected chi connectivity index (χ4v) is 2.58. The Morgan fingerprint density at radius 2 is 1.22 bits per heavy atom. The fourth-order valence-electron chi connectivity index (χ4n) is 2.58. The summed E-state index contributed by atoms with van der Waals surface area (Å²) in [4.78, 5) is 33.0. The Morgan fingerprint density at radius 1 is 0.750 bits per heavy atom. The first-order valence-corrected chi connectivity index (χ1v) is 9.47. The van der Waals surface area contributed by atoms with Crippen LogP contribution in [0.25, 0.3) is 0 Å². The van der Waals surface area contributed by atoms with Gasteiger partial charge in [0, 0.05) is 12.1 Å². The molecule has 0 amide bonds. The third-order valence-corrected chi connectivity index (χ3v) is 4.28. The third-order valence-electron chi connectivity index (χ3n) is 4.28. The van der Waals surface area contributed by atoms with E-state index in [4.69, 9.17) is 19.3 Å². The minimum Gasteiger partial charge on any atom is -0.489 e. The number of carboxylic acid groups (broad SMARTS) is 1. The first kappa shape index (κ1) is 22.3. The summed E-state index contributed by atoms with van der Waals surface area (Å²) in [5, 5.41) is 19.5. The Hall–Kier alpha value is -4.40. The summed E-state index contributed by atoms with van der Waals surface area (Å²) in [5.74, 6) is 0.120. The van der Waals surface area contributed by atoms with Crippen molar-refractivity contribution in [3.05, 3.63) is 94.0 Å². The number of hydrogen-bond acceptors (Lipinski definition) is 7. The van der Waals surface area contributed by atoms with Crippen molar-refractivity contribution in [1.29, 1.82) is 0 Å². The second kappa shape index (κ2) is 10.6. The first-order chi connectivity index (χ1) is 15.4. The number of nitro benzene ring substituents is 1. The van der Waals surface area contributed by atoms with E-state index in [2.05, 4.69) is 0 Å². The van der Waals surface area contributed by atoms with Crippen LogP contribution in [-0.4, -0.2) is 35.0 Å². The van der Waals surface area contributed by atoms with Crippen LogP contribution in [0.15, 0.2) is 72.8 Å². The van der Waals surface area contributed by atoms with Gasteiger partial charge in [-0.25, -0.2) is 4.79 Å². The summed E-state index contributed by atoms with van der Waals surface area (Å²) in [7, 11) is 0. The molecular formula is C23H19NO8. The zero-order chi connectivity index (χ0) is 22.9. The molecule has 0 saturated carbocycles. The second-order valence-corrected chi connectivity index (χ2v) is 6.63. The molecule has 1 N–H and O–H groups in total. The number of carbonyl (C=O) groups excluding carboxylic acids is 1. The first-order valence-electron chi connectivity index (χ1n) is 9.47. The zero-order valence-electron chi connectivity index (χ0n) is 16.8. The highest BCUT2D eigenvalue weighted by atomic mass is 16.6. The smallest absolute Gasteiger partial charge is 0.335 e. The molecule has 3 aromatic rings. The molecule has 164 valence electrons. The van der Waals surface area contributed by atoms with Crippen LogP contribution in [0.3, 0.4) is 0 Å². The van der Waals surface area contributed by atoms with Crippen LogP contribution in [0.5, 0.6) is 17.2 Å². The number of ketones is 1. The van der Waals surface area contributed by atoms with Crippen LogP contribution in [0.2, 0.25) is 0 Å². The van der Waals surface area contributed by atoms with Gasteiger partial charge in [0.1, 0.15) is 37.1 Å². The molecule has 3 rings (SSSR count). The molecule has 0 bridgehead atoms. The van der Waals surface area contributed by atoms with Crippen molar-refractivity contribution in [2.45, 2.75) is 6.61 Å². The Morgan fingerprint density at radius 3 is 1.69 bits per heavy atom.